The highest BCUT2D eigenvalue weighted by Crippen LogP contribution is 2.36. The average Bonchev–Trinajstić information content (AvgIpc) is 2.71. The molecule has 0 saturated carbocycles. The van der Waals surface area contributed by atoms with Crippen LogP contribution in [0.4, 0.5) is 0 Å². The van der Waals surface area contributed by atoms with Crippen LogP contribution in [-0.2, 0) is 0 Å². The first-order valence-electron chi connectivity index (χ1n) is 11.9. The average molecular weight is 454 g/mol. The maximum atomic E-state index is 6.58. The molecule has 3 nitrogen and oxygen atoms in total. The standard InChI is InChI=1S/C28H44N3P/c1-8-9-20(2)23(16-27(4,5)6)18-30-21(3)25(29)17-28(7)14-12-22(13-15-28)26-11-10-24(32)19-31-26/h10-14,18-20,25,30H,3,8-9,15-17,29,32H2,1-2,4-7H3/b23-18-. The van der Waals surface area contributed by atoms with Gasteiger partial charge in [-0.1, -0.05) is 84.4 Å². The van der Waals surface area contributed by atoms with Crippen LogP contribution in [0.2, 0.25) is 0 Å². The van der Waals surface area contributed by atoms with Crippen molar-refractivity contribution in [3.8, 4) is 0 Å². The molecule has 4 heteroatoms. The van der Waals surface area contributed by atoms with Crippen molar-refractivity contribution in [1.29, 1.82) is 0 Å². The summed E-state index contributed by atoms with van der Waals surface area (Å²) >= 11 is 0. The summed E-state index contributed by atoms with van der Waals surface area (Å²) in [6.07, 6.45) is 16.1. The summed E-state index contributed by atoms with van der Waals surface area (Å²) < 4.78 is 0. The number of nitrogens with zero attached hydrogens (tertiary/aromatic N) is 1. The van der Waals surface area contributed by atoms with Crippen LogP contribution >= 0.6 is 9.24 Å². The van der Waals surface area contributed by atoms with Crippen molar-refractivity contribution in [3.05, 3.63) is 66.3 Å². The minimum atomic E-state index is -0.109. The number of pyridine rings is 1. The van der Waals surface area contributed by atoms with Crippen LogP contribution < -0.4 is 16.4 Å². The lowest BCUT2D eigenvalue weighted by Gasteiger charge is -2.31. The van der Waals surface area contributed by atoms with Crippen LogP contribution in [0.1, 0.15) is 79.3 Å². The summed E-state index contributed by atoms with van der Waals surface area (Å²) in [7, 11) is 2.68. The van der Waals surface area contributed by atoms with Crippen LogP contribution in [0.5, 0.6) is 0 Å². The Morgan fingerprint density at radius 3 is 2.62 bits per heavy atom. The Morgan fingerprint density at radius 2 is 2.09 bits per heavy atom. The van der Waals surface area contributed by atoms with Gasteiger partial charge in [-0.05, 0) is 59.4 Å². The summed E-state index contributed by atoms with van der Waals surface area (Å²) in [5.74, 6) is 0.562. The topological polar surface area (TPSA) is 50.9 Å². The van der Waals surface area contributed by atoms with E-state index >= 15 is 0 Å². The van der Waals surface area contributed by atoms with Gasteiger partial charge in [0.25, 0.3) is 0 Å². The molecule has 0 radical (unpaired) electrons. The van der Waals surface area contributed by atoms with E-state index in [1.54, 1.807) is 0 Å². The third kappa shape index (κ3) is 8.34. The first-order valence-corrected chi connectivity index (χ1v) is 12.5. The van der Waals surface area contributed by atoms with E-state index in [0.717, 1.165) is 36.0 Å². The van der Waals surface area contributed by atoms with Gasteiger partial charge in [0.15, 0.2) is 0 Å². The molecule has 3 N–H and O–H groups in total. The van der Waals surface area contributed by atoms with E-state index in [9.17, 15) is 0 Å². The monoisotopic (exact) mass is 453 g/mol. The van der Waals surface area contributed by atoms with E-state index in [2.05, 4.69) is 104 Å². The molecule has 0 spiro atoms. The van der Waals surface area contributed by atoms with Crippen molar-refractivity contribution in [2.75, 3.05) is 0 Å². The summed E-state index contributed by atoms with van der Waals surface area (Å²) in [5.41, 5.74) is 11.4. The highest BCUT2D eigenvalue weighted by molar-refractivity contribution is 7.27. The quantitative estimate of drug-likeness (QED) is 0.397. The lowest BCUT2D eigenvalue weighted by molar-refractivity contribution is 0.366. The summed E-state index contributed by atoms with van der Waals surface area (Å²) in [6.45, 7) is 18.0. The molecular formula is C28H44N3P. The SMILES string of the molecule is C=C(N/C=C(/CC(C)(C)C)C(C)CCC)C(N)CC1(C)C=CC(c2ccc(P)cn2)=CC1. The van der Waals surface area contributed by atoms with E-state index in [-0.39, 0.29) is 16.9 Å². The minimum absolute atomic E-state index is 0.0154. The maximum absolute atomic E-state index is 6.58. The molecule has 0 aromatic carbocycles. The Labute approximate surface area is 199 Å². The molecule has 4 unspecified atom stereocenters. The predicted octanol–water partition coefficient (Wildman–Crippen LogP) is 6.51. The van der Waals surface area contributed by atoms with Gasteiger partial charge >= 0.3 is 0 Å². The van der Waals surface area contributed by atoms with Crippen LogP contribution in [0.3, 0.4) is 0 Å². The van der Waals surface area contributed by atoms with Gasteiger partial charge in [0, 0.05) is 24.1 Å². The Bertz CT molecular complexity index is 858. The Kier molecular flexibility index (Phi) is 9.49. The Balaban J connectivity index is 1.99. The predicted molar refractivity (Wildman–Crippen MR) is 145 cm³/mol. The van der Waals surface area contributed by atoms with Crippen LogP contribution in [0.15, 0.2) is 60.6 Å². The van der Waals surface area contributed by atoms with E-state index in [1.165, 1.54) is 24.0 Å². The zero-order valence-electron chi connectivity index (χ0n) is 21.0. The number of allylic oxidation sites excluding steroid dienone is 5. The summed E-state index contributed by atoms with van der Waals surface area (Å²) in [6, 6.07) is 4.03. The van der Waals surface area contributed by atoms with Crippen molar-refractivity contribution in [2.24, 2.45) is 22.5 Å². The van der Waals surface area contributed by atoms with Gasteiger partial charge < -0.3 is 11.1 Å². The highest BCUT2D eigenvalue weighted by Gasteiger charge is 2.27. The number of hydrogen-bond donors (Lipinski definition) is 2. The molecular weight excluding hydrogens is 409 g/mol. The fourth-order valence-corrected chi connectivity index (χ4v) is 4.37. The first kappa shape index (κ1) is 26.6. The molecule has 1 aliphatic carbocycles. The van der Waals surface area contributed by atoms with Crippen molar-refractivity contribution < 1.29 is 0 Å². The normalized spacial score (nSPS) is 21.1. The van der Waals surface area contributed by atoms with Gasteiger partial charge in [0.2, 0.25) is 0 Å². The molecule has 1 aromatic heterocycles. The highest BCUT2D eigenvalue weighted by atomic mass is 31.0. The van der Waals surface area contributed by atoms with Gasteiger partial charge in [-0.15, -0.1) is 9.24 Å². The second-order valence-electron chi connectivity index (χ2n) is 11.0. The zero-order valence-corrected chi connectivity index (χ0v) is 22.2. The second-order valence-corrected chi connectivity index (χ2v) is 11.6. The van der Waals surface area contributed by atoms with E-state index in [4.69, 9.17) is 5.73 Å². The fraction of sp³-hybridized carbons (Fsp3) is 0.536. The molecule has 32 heavy (non-hydrogen) atoms. The largest absolute Gasteiger partial charge is 0.364 e. The van der Waals surface area contributed by atoms with Crippen LogP contribution in [-0.4, -0.2) is 11.0 Å². The van der Waals surface area contributed by atoms with Crippen LogP contribution in [0, 0.1) is 16.7 Å². The number of nitrogens with two attached hydrogens (primary N) is 1. The fourth-order valence-electron chi connectivity index (χ4n) is 4.20. The van der Waals surface area contributed by atoms with Crippen molar-refractivity contribution >= 4 is 20.1 Å². The molecule has 4 atom stereocenters. The number of nitrogens with one attached hydrogen (secondary N) is 1. The van der Waals surface area contributed by atoms with Crippen molar-refractivity contribution in [3.63, 3.8) is 0 Å². The zero-order chi connectivity index (χ0) is 23.9. The van der Waals surface area contributed by atoms with Crippen molar-refractivity contribution in [1.82, 2.24) is 10.3 Å². The minimum Gasteiger partial charge on any atom is -0.364 e. The maximum Gasteiger partial charge on any atom is 0.0699 e. The molecule has 2 rings (SSSR count). The molecule has 0 amide bonds. The molecule has 0 aliphatic heterocycles. The number of hydrogen-bond acceptors (Lipinski definition) is 3. The third-order valence-corrected chi connectivity index (χ3v) is 6.54. The summed E-state index contributed by atoms with van der Waals surface area (Å²) in [5, 5.41) is 4.56. The van der Waals surface area contributed by atoms with E-state index < -0.39 is 0 Å². The summed E-state index contributed by atoms with van der Waals surface area (Å²) in [4.78, 5) is 4.54. The number of rotatable bonds is 10. The Morgan fingerprint density at radius 1 is 1.38 bits per heavy atom. The lowest BCUT2D eigenvalue weighted by Crippen LogP contribution is -2.34. The molecule has 1 aromatic rings. The third-order valence-electron chi connectivity index (χ3n) is 6.20. The van der Waals surface area contributed by atoms with Crippen LogP contribution in [0.25, 0.3) is 5.57 Å². The van der Waals surface area contributed by atoms with Gasteiger partial charge in [-0.2, -0.15) is 0 Å². The van der Waals surface area contributed by atoms with Gasteiger partial charge in [0.05, 0.1) is 5.69 Å². The van der Waals surface area contributed by atoms with E-state index in [0.29, 0.717) is 5.92 Å². The van der Waals surface area contributed by atoms with Gasteiger partial charge in [-0.25, -0.2) is 0 Å². The molecule has 0 bridgehead atoms. The molecule has 176 valence electrons. The molecule has 0 fully saturated rings. The molecule has 0 saturated heterocycles. The first-order chi connectivity index (χ1) is 14.9. The van der Waals surface area contributed by atoms with Gasteiger partial charge in [0.1, 0.15) is 0 Å². The van der Waals surface area contributed by atoms with Crippen molar-refractivity contribution in [2.45, 2.75) is 79.7 Å². The smallest absolute Gasteiger partial charge is 0.0699 e. The lowest BCUT2D eigenvalue weighted by atomic mass is 9.76. The van der Waals surface area contributed by atoms with E-state index in [1.807, 2.05) is 6.20 Å². The Hall–Kier alpha value is -1.70. The second kappa shape index (κ2) is 11.4. The number of aromatic nitrogens is 1. The van der Waals surface area contributed by atoms with Gasteiger partial charge in [-0.3, -0.25) is 4.98 Å². The molecule has 1 heterocycles. The molecule has 1 aliphatic rings.